The lowest BCUT2D eigenvalue weighted by Crippen LogP contribution is -2.21. The van der Waals surface area contributed by atoms with E-state index >= 15 is 0 Å². The molecule has 1 saturated carbocycles. The SMILES string of the molecule is Cc1nc(-n2ccc3nc4ccn(C5CC5)c(=O)c4cc3c2=O)n[nH]1. The normalized spacial score (nSPS) is 14.4. The van der Waals surface area contributed by atoms with Gasteiger partial charge in [0.25, 0.3) is 17.1 Å². The van der Waals surface area contributed by atoms with E-state index in [9.17, 15) is 9.59 Å². The number of hydrogen-bond acceptors (Lipinski definition) is 5. The molecule has 8 nitrogen and oxygen atoms in total. The van der Waals surface area contributed by atoms with Gasteiger partial charge in [-0.3, -0.25) is 14.7 Å². The van der Waals surface area contributed by atoms with Gasteiger partial charge in [0.15, 0.2) is 0 Å². The quantitative estimate of drug-likeness (QED) is 0.560. The van der Waals surface area contributed by atoms with Crippen LogP contribution in [0.1, 0.15) is 24.7 Å². The van der Waals surface area contributed by atoms with Crippen molar-refractivity contribution in [2.75, 3.05) is 0 Å². The second kappa shape index (κ2) is 4.85. The van der Waals surface area contributed by atoms with Crippen LogP contribution in [0, 0.1) is 6.92 Å². The molecule has 0 spiro atoms. The van der Waals surface area contributed by atoms with Gasteiger partial charge in [0.05, 0.1) is 21.8 Å². The second-order valence-corrected chi connectivity index (χ2v) is 6.33. The van der Waals surface area contributed by atoms with Crippen molar-refractivity contribution in [3.8, 4) is 5.95 Å². The topological polar surface area (TPSA) is 98.5 Å². The van der Waals surface area contributed by atoms with E-state index in [4.69, 9.17) is 0 Å². The fourth-order valence-corrected chi connectivity index (χ4v) is 3.08. The summed E-state index contributed by atoms with van der Waals surface area (Å²) in [5.74, 6) is 0.888. The van der Waals surface area contributed by atoms with E-state index in [-0.39, 0.29) is 23.1 Å². The van der Waals surface area contributed by atoms with Crippen LogP contribution in [0.2, 0.25) is 0 Å². The molecule has 0 aromatic carbocycles. The monoisotopic (exact) mass is 334 g/mol. The zero-order valence-electron chi connectivity index (χ0n) is 13.4. The molecular formula is C17H14N6O2. The molecule has 1 fully saturated rings. The number of hydrogen-bond donors (Lipinski definition) is 1. The predicted octanol–water partition coefficient (Wildman–Crippen LogP) is 1.46. The van der Waals surface area contributed by atoms with Gasteiger partial charge in [-0.05, 0) is 38.0 Å². The van der Waals surface area contributed by atoms with Crippen molar-refractivity contribution < 1.29 is 0 Å². The molecule has 8 heteroatoms. The summed E-state index contributed by atoms with van der Waals surface area (Å²) in [7, 11) is 0. The summed E-state index contributed by atoms with van der Waals surface area (Å²) in [5, 5.41) is 7.58. The number of aromatic nitrogens is 6. The van der Waals surface area contributed by atoms with E-state index < -0.39 is 0 Å². The molecule has 4 aromatic heterocycles. The summed E-state index contributed by atoms with van der Waals surface area (Å²) in [6.45, 7) is 1.76. The molecule has 4 heterocycles. The van der Waals surface area contributed by atoms with Gasteiger partial charge in [-0.15, -0.1) is 5.10 Å². The Hall–Kier alpha value is -3.29. The zero-order valence-corrected chi connectivity index (χ0v) is 13.4. The van der Waals surface area contributed by atoms with Gasteiger partial charge >= 0.3 is 0 Å². The van der Waals surface area contributed by atoms with Crippen LogP contribution in [0.25, 0.3) is 27.8 Å². The Balaban J connectivity index is 1.81. The van der Waals surface area contributed by atoms with Crippen molar-refractivity contribution >= 4 is 21.8 Å². The summed E-state index contributed by atoms with van der Waals surface area (Å²) in [6, 6.07) is 5.47. The maximum absolute atomic E-state index is 12.8. The average molecular weight is 334 g/mol. The molecule has 4 aromatic rings. The molecular weight excluding hydrogens is 320 g/mol. The van der Waals surface area contributed by atoms with Crippen LogP contribution in [-0.2, 0) is 0 Å². The molecule has 1 aliphatic rings. The van der Waals surface area contributed by atoms with Crippen molar-refractivity contribution in [3.05, 3.63) is 57.1 Å². The Bertz CT molecular complexity index is 1260. The molecule has 0 aliphatic heterocycles. The van der Waals surface area contributed by atoms with E-state index in [1.165, 1.54) is 4.57 Å². The van der Waals surface area contributed by atoms with E-state index in [1.807, 2.05) is 6.07 Å². The van der Waals surface area contributed by atoms with Crippen LogP contribution in [-0.4, -0.2) is 29.3 Å². The molecule has 5 rings (SSSR count). The standard InChI is InChI=1S/C17H14N6O2/c1-9-18-17(21-20-9)23-7-5-14-12(16(23)25)8-11-13(19-14)4-6-22(15(11)24)10-2-3-10/h4-8,10H,2-3H2,1H3,(H,18,20,21). The van der Waals surface area contributed by atoms with Crippen LogP contribution in [0.5, 0.6) is 0 Å². The highest BCUT2D eigenvalue weighted by Crippen LogP contribution is 2.33. The molecule has 0 bridgehead atoms. The molecule has 0 radical (unpaired) electrons. The molecule has 0 amide bonds. The fourth-order valence-electron chi connectivity index (χ4n) is 3.08. The molecule has 0 saturated heterocycles. The first-order valence-corrected chi connectivity index (χ1v) is 8.08. The third-order valence-electron chi connectivity index (χ3n) is 4.51. The highest BCUT2D eigenvalue weighted by atomic mass is 16.1. The number of nitrogens with one attached hydrogen (secondary N) is 1. The number of fused-ring (bicyclic) bond motifs is 2. The zero-order chi connectivity index (χ0) is 17.1. The van der Waals surface area contributed by atoms with Crippen LogP contribution in [0.15, 0.2) is 40.2 Å². The maximum Gasteiger partial charge on any atom is 0.267 e. The van der Waals surface area contributed by atoms with Crippen LogP contribution in [0.3, 0.4) is 0 Å². The molecule has 124 valence electrons. The lowest BCUT2D eigenvalue weighted by Gasteiger charge is -2.07. The van der Waals surface area contributed by atoms with Crippen LogP contribution in [0.4, 0.5) is 0 Å². The molecule has 1 aliphatic carbocycles. The molecule has 25 heavy (non-hydrogen) atoms. The summed E-state index contributed by atoms with van der Waals surface area (Å²) in [6.07, 6.45) is 5.42. The van der Waals surface area contributed by atoms with Crippen LogP contribution < -0.4 is 11.1 Å². The summed E-state index contributed by atoms with van der Waals surface area (Å²) in [5.41, 5.74) is 0.745. The van der Waals surface area contributed by atoms with Gasteiger partial charge in [-0.25, -0.2) is 9.55 Å². The molecule has 0 unspecified atom stereocenters. The fraction of sp³-hybridized carbons (Fsp3) is 0.235. The summed E-state index contributed by atoms with van der Waals surface area (Å²) < 4.78 is 3.08. The highest BCUT2D eigenvalue weighted by Gasteiger charge is 2.25. The number of aryl methyl sites for hydroxylation is 1. The Morgan fingerprint density at radius 3 is 2.44 bits per heavy atom. The molecule has 0 atom stereocenters. The van der Waals surface area contributed by atoms with Crippen molar-refractivity contribution in [2.24, 2.45) is 0 Å². The number of rotatable bonds is 2. The summed E-state index contributed by atoms with van der Waals surface area (Å²) in [4.78, 5) is 34.2. The Labute approximate surface area is 140 Å². The van der Waals surface area contributed by atoms with E-state index in [2.05, 4.69) is 20.2 Å². The van der Waals surface area contributed by atoms with Crippen molar-refractivity contribution in [1.82, 2.24) is 29.3 Å². The van der Waals surface area contributed by atoms with E-state index in [0.717, 1.165) is 12.8 Å². The third-order valence-corrected chi connectivity index (χ3v) is 4.51. The van der Waals surface area contributed by atoms with Crippen LogP contribution >= 0.6 is 0 Å². The van der Waals surface area contributed by atoms with E-state index in [1.54, 1.807) is 36.0 Å². The minimum absolute atomic E-state index is 0.0991. The second-order valence-electron chi connectivity index (χ2n) is 6.33. The summed E-state index contributed by atoms with van der Waals surface area (Å²) >= 11 is 0. The van der Waals surface area contributed by atoms with Gasteiger partial charge in [0.2, 0.25) is 0 Å². The lowest BCUT2D eigenvalue weighted by molar-refractivity contribution is 0.714. The van der Waals surface area contributed by atoms with Gasteiger partial charge in [-0.1, -0.05) is 0 Å². The Morgan fingerprint density at radius 1 is 1.04 bits per heavy atom. The minimum Gasteiger partial charge on any atom is -0.312 e. The first kappa shape index (κ1) is 14.1. The van der Waals surface area contributed by atoms with Crippen molar-refractivity contribution in [2.45, 2.75) is 25.8 Å². The minimum atomic E-state index is -0.299. The smallest absolute Gasteiger partial charge is 0.267 e. The van der Waals surface area contributed by atoms with Gasteiger partial charge in [0, 0.05) is 18.4 Å². The highest BCUT2D eigenvalue weighted by molar-refractivity contribution is 5.91. The average Bonchev–Trinajstić information content (AvgIpc) is 3.36. The van der Waals surface area contributed by atoms with E-state index in [0.29, 0.717) is 27.6 Å². The number of aromatic amines is 1. The predicted molar refractivity (Wildman–Crippen MR) is 92.1 cm³/mol. The van der Waals surface area contributed by atoms with Gasteiger partial charge in [-0.2, -0.15) is 4.98 Å². The number of nitrogens with zero attached hydrogens (tertiary/aromatic N) is 5. The third kappa shape index (κ3) is 2.10. The van der Waals surface area contributed by atoms with Crippen molar-refractivity contribution in [3.63, 3.8) is 0 Å². The van der Waals surface area contributed by atoms with Gasteiger partial charge < -0.3 is 4.57 Å². The Kier molecular flexibility index (Phi) is 2.74. The first-order chi connectivity index (χ1) is 12.1. The van der Waals surface area contributed by atoms with Crippen molar-refractivity contribution in [1.29, 1.82) is 0 Å². The number of pyridine rings is 3. The number of H-pyrrole nitrogens is 1. The lowest BCUT2D eigenvalue weighted by atomic mass is 10.2. The Morgan fingerprint density at radius 2 is 1.76 bits per heavy atom. The molecule has 1 N–H and O–H groups in total. The maximum atomic E-state index is 12.8. The first-order valence-electron chi connectivity index (χ1n) is 8.08. The largest absolute Gasteiger partial charge is 0.312 e. The van der Waals surface area contributed by atoms with Gasteiger partial charge in [0.1, 0.15) is 5.82 Å².